The number of nitrogens with zero attached hydrogens (tertiary/aromatic N) is 2. The van der Waals surface area contributed by atoms with E-state index in [0.29, 0.717) is 35.3 Å². The van der Waals surface area contributed by atoms with Crippen LogP contribution in [0.2, 0.25) is 5.02 Å². The van der Waals surface area contributed by atoms with Gasteiger partial charge in [0.1, 0.15) is 25.8 Å². The molecule has 11 heteroatoms. The van der Waals surface area contributed by atoms with Crippen LogP contribution in [-0.4, -0.2) is 63.2 Å². The van der Waals surface area contributed by atoms with Gasteiger partial charge in [0.15, 0.2) is 11.5 Å². The first-order valence-corrected chi connectivity index (χ1v) is 17.2. The third-order valence-corrected chi connectivity index (χ3v) is 9.52. The van der Waals surface area contributed by atoms with Gasteiger partial charge in [-0.2, -0.15) is 0 Å². The molecular formula is C33H38ClN3O6S. The molecule has 1 aliphatic heterocycles. The fourth-order valence-electron chi connectivity index (χ4n) is 5.71. The summed E-state index contributed by atoms with van der Waals surface area (Å²) in [6, 6.07) is 20.5. The van der Waals surface area contributed by atoms with E-state index in [4.69, 9.17) is 21.1 Å². The molecule has 2 aliphatic rings. The SMILES string of the molecule is CS(=O)(=O)N(CC(=O)N(Cc1ccccc1Cl)[C@@H](Cc1ccccc1)C(=O)NC1CCCCC1)c1ccc2c(c1)OCCO2. The maximum absolute atomic E-state index is 14.3. The second-order valence-corrected chi connectivity index (χ2v) is 13.6. The second kappa shape index (κ2) is 14.3. The smallest absolute Gasteiger partial charge is 0.244 e. The molecule has 1 N–H and O–H groups in total. The monoisotopic (exact) mass is 639 g/mol. The average molecular weight is 640 g/mol. The van der Waals surface area contributed by atoms with Crippen molar-refractivity contribution in [2.24, 2.45) is 0 Å². The van der Waals surface area contributed by atoms with Crippen molar-refractivity contribution in [1.29, 1.82) is 0 Å². The van der Waals surface area contributed by atoms with Crippen LogP contribution in [0.1, 0.15) is 43.2 Å². The zero-order chi connectivity index (χ0) is 31.1. The molecule has 2 amide bonds. The molecule has 1 fully saturated rings. The van der Waals surface area contributed by atoms with Gasteiger partial charge >= 0.3 is 0 Å². The van der Waals surface area contributed by atoms with Crippen LogP contribution < -0.4 is 19.1 Å². The molecule has 0 spiro atoms. The minimum Gasteiger partial charge on any atom is -0.486 e. The fourth-order valence-corrected chi connectivity index (χ4v) is 6.75. The highest BCUT2D eigenvalue weighted by Crippen LogP contribution is 2.35. The molecule has 9 nitrogen and oxygen atoms in total. The first-order valence-electron chi connectivity index (χ1n) is 14.9. The summed E-state index contributed by atoms with van der Waals surface area (Å²) in [5.41, 5.74) is 1.78. The van der Waals surface area contributed by atoms with Gasteiger partial charge in [0.05, 0.1) is 11.9 Å². The Kier molecular flexibility index (Phi) is 10.3. The van der Waals surface area contributed by atoms with Crippen molar-refractivity contribution in [2.75, 3.05) is 30.3 Å². The van der Waals surface area contributed by atoms with Gasteiger partial charge < -0.3 is 19.7 Å². The number of rotatable bonds is 11. The van der Waals surface area contributed by atoms with Gasteiger partial charge in [-0.25, -0.2) is 8.42 Å². The lowest BCUT2D eigenvalue weighted by Gasteiger charge is -2.35. The lowest BCUT2D eigenvalue weighted by molar-refractivity contribution is -0.140. The van der Waals surface area contributed by atoms with Gasteiger partial charge in [-0.1, -0.05) is 79.4 Å². The third-order valence-electron chi connectivity index (χ3n) is 8.01. The number of benzene rings is 3. The maximum Gasteiger partial charge on any atom is 0.244 e. The number of hydrogen-bond acceptors (Lipinski definition) is 6. The van der Waals surface area contributed by atoms with Crippen LogP contribution in [0.5, 0.6) is 11.5 Å². The lowest BCUT2D eigenvalue weighted by atomic mass is 9.94. The lowest BCUT2D eigenvalue weighted by Crippen LogP contribution is -2.55. The standard InChI is InChI=1S/C33H38ClN3O6S/c1-44(40,41)37(27-16-17-30-31(21-27)43-19-18-42-30)23-32(38)36(22-25-12-8-9-15-28(25)34)29(20-24-10-4-2-5-11-24)33(39)35-26-13-6-3-7-14-26/h2,4-5,8-12,15-17,21,26,29H,3,6-7,13-14,18-20,22-23H2,1H3,(H,35,39)/t29-/m0/s1. The number of amides is 2. The molecule has 1 heterocycles. The third kappa shape index (κ3) is 8.04. The summed E-state index contributed by atoms with van der Waals surface area (Å²) in [4.78, 5) is 29.9. The number of sulfonamides is 1. The van der Waals surface area contributed by atoms with Crippen LogP contribution in [0.3, 0.4) is 0 Å². The van der Waals surface area contributed by atoms with E-state index in [1.165, 1.54) is 4.90 Å². The summed E-state index contributed by atoms with van der Waals surface area (Å²) in [6.07, 6.45) is 6.27. The van der Waals surface area contributed by atoms with E-state index < -0.39 is 28.5 Å². The summed E-state index contributed by atoms with van der Waals surface area (Å²) in [7, 11) is -3.92. The van der Waals surface area contributed by atoms with Crippen molar-refractivity contribution < 1.29 is 27.5 Å². The fraction of sp³-hybridized carbons (Fsp3) is 0.394. The van der Waals surface area contributed by atoms with Crippen LogP contribution in [0.15, 0.2) is 72.8 Å². The van der Waals surface area contributed by atoms with Crippen molar-refractivity contribution in [1.82, 2.24) is 10.2 Å². The molecule has 1 atom stereocenters. The molecular weight excluding hydrogens is 602 g/mol. The predicted molar refractivity (Wildman–Crippen MR) is 171 cm³/mol. The number of hydrogen-bond donors (Lipinski definition) is 1. The average Bonchev–Trinajstić information content (AvgIpc) is 3.02. The van der Waals surface area contributed by atoms with Gasteiger partial charge in [0.2, 0.25) is 21.8 Å². The predicted octanol–water partition coefficient (Wildman–Crippen LogP) is 4.97. The Balaban J connectivity index is 1.51. The minimum absolute atomic E-state index is 0.0207. The van der Waals surface area contributed by atoms with E-state index in [1.54, 1.807) is 36.4 Å². The van der Waals surface area contributed by atoms with E-state index in [9.17, 15) is 18.0 Å². The maximum atomic E-state index is 14.3. The van der Waals surface area contributed by atoms with Crippen LogP contribution in [0.25, 0.3) is 0 Å². The Bertz CT molecular complexity index is 1560. The Hall–Kier alpha value is -3.76. The molecule has 3 aromatic carbocycles. The van der Waals surface area contributed by atoms with Crippen LogP contribution in [-0.2, 0) is 32.6 Å². The highest BCUT2D eigenvalue weighted by atomic mass is 35.5. The number of carbonyl (C=O) groups is 2. The summed E-state index contributed by atoms with van der Waals surface area (Å²) in [5.74, 6) is 0.0929. The highest BCUT2D eigenvalue weighted by Gasteiger charge is 2.34. The van der Waals surface area contributed by atoms with Gasteiger partial charge in [0.25, 0.3) is 0 Å². The molecule has 0 unspecified atom stereocenters. The van der Waals surface area contributed by atoms with Crippen molar-refractivity contribution >= 4 is 39.1 Å². The van der Waals surface area contributed by atoms with E-state index in [-0.39, 0.29) is 30.6 Å². The Morgan fingerprint density at radius 3 is 2.32 bits per heavy atom. The van der Waals surface area contributed by atoms with E-state index in [2.05, 4.69) is 5.32 Å². The molecule has 234 valence electrons. The van der Waals surface area contributed by atoms with Gasteiger partial charge in [0, 0.05) is 30.1 Å². The van der Waals surface area contributed by atoms with Crippen molar-refractivity contribution in [3.8, 4) is 11.5 Å². The Morgan fingerprint density at radius 1 is 0.932 bits per heavy atom. The van der Waals surface area contributed by atoms with Crippen molar-refractivity contribution in [3.63, 3.8) is 0 Å². The van der Waals surface area contributed by atoms with Crippen LogP contribution >= 0.6 is 11.6 Å². The quantitative estimate of drug-likeness (QED) is 0.318. The van der Waals surface area contributed by atoms with E-state index in [1.807, 2.05) is 36.4 Å². The molecule has 5 rings (SSSR count). The van der Waals surface area contributed by atoms with E-state index in [0.717, 1.165) is 48.2 Å². The molecule has 0 aromatic heterocycles. The molecule has 0 saturated heterocycles. The molecule has 1 saturated carbocycles. The van der Waals surface area contributed by atoms with Gasteiger partial charge in [-0.3, -0.25) is 13.9 Å². The molecule has 1 aliphatic carbocycles. The van der Waals surface area contributed by atoms with Crippen LogP contribution in [0.4, 0.5) is 5.69 Å². The summed E-state index contributed by atoms with van der Waals surface area (Å²) >= 11 is 6.54. The molecule has 0 bridgehead atoms. The normalized spacial score (nSPS) is 15.7. The van der Waals surface area contributed by atoms with Crippen LogP contribution in [0, 0.1) is 0 Å². The van der Waals surface area contributed by atoms with Gasteiger partial charge in [-0.05, 0) is 42.2 Å². The number of nitrogens with one attached hydrogen (secondary N) is 1. The number of carbonyl (C=O) groups excluding carboxylic acids is 2. The Labute approximate surface area is 264 Å². The van der Waals surface area contributed by atoms with Crippen molar-refractivity contribution in [2.45, 2.75) is 57.2 Å². The second-order valence-electron chi connectivity index (χ2n) is 11.3. The summed E-state index contributed by atoms with van der Waals surface area (Å²) < 4.78 is 38.5. The first-order chi connectivity index (χ1) is 21.2. The first kappa shape index (κ1) is 31.7. The minimum atomic E-state index is -3.92. The topological polar surface area (TPSA) is 105 Å². The molecule has 44 heavy (non-hydrogen) atoms. The number of ether oxygens (including phenoxy) is 2. The van der Waals surface area contributed by atoms with E-state index >= 15 is 0 Å². The molecule has 0 radical (unpaired) electrons. The largest absolute Gasteiger partial charge is 0.486 e. The number of anilines is 1. The van der Waals surface area contributed by atoms with Gasteiger partial charge in [-0.15, -0.1) is 0 Å². The highest BCUT2D eigenvalue weighted by molar-refractivity contribution is 7.92. The number of fused-ring (bicyclic) bond motifs is 1. The summed E-state index contributed by atoms with van der Waals surface area (Å²) in [5, 5.41) is 3.64. The Morgan fingerprint density at radius 2 is 1.61 bits per heavy atom. The zero-order valence-electron chi connectivity index (χ0n) is 24.8. The zero-order valence-corrected chi connectivity index (χ0v) is 26.4. The number of halogens is 1. The van der Waals surface area contributed by atoms with Crippen molar-refractivity contribution in [3.05, 3.63) is 88.9 Å². The summed E-state index contributed by atoms with van der Waals surface area (Å²) in [6.45, 7) is 0.220. The molecule has 3 aromatic rings.